The Morgan fingerprint density at radius 3 is 2.58 bits per heavy atom. The number of likely N-dealkylation sites (tertiary alicyclic amines) is 1. The minimum Gasteiger partial charge on any atom is -0.491 e. The van der Waals surface area contributed by atoms with Gasteiger partial charge in [0.25, 0.3) is 11.8 Å². The summed E-state index contributed by atoms with van der Waals surface area (Å²) < 4.78 is 5.88. The zero-order valence-corrected chi connectivity index (χ0v) is 19.6. The van der Waals surface area contributed by atoms with Crippen LogP contribution in [0.3, 0.4) is 0 Å². The highest BCUT2D eigenvalue weighted by atomic mass is 16.5. The van der Waals surface area contributed by atoms with Crippen LogP contribution in [0.1, 0.15) is 42.9 Å². The number of piperidine rings is 1. The lowest BCUT2D eigenvalue weighted by atomic mass is 9.96. The van der Waals surface area contributed by atoms with E-state index in [2.05, 4.69) is 0 Å². The zero-order chi connectivity index (χ0) is 23.5. The van der Waals surface area contributed by atoms with Gasteiger partial charge < -0.3 is 14.7 Å². The molecule has 1 saturated heterocycles. The highest BCUT2D eigenvalue weighted by Crippen LogP contribution is 2.40. The Morgan fingerprint density at radius 2 is 1.85 bits per heavy atom. The molecule has 1 N–H and O–H groups in total. The number of aryl methyl sites for hydroxylation is 2. The molecule has 6 nitrogen and oxygen atoms in total. The molecule has 2 aliphatic heterocycles. The second kappa shape index (κ2) is 9.79. The average molecular weight is 449 g/mol. The minimum atomic E-state index is -0.336. The first-order valence-electron chi connectivity index (χ1n) is 11.7. The number of para-hydroxylation sites is 2. The van der Waals surface area contributed by atoms with Crippen molar-refractivity contribution in [2.45, 2.75) is 40.0 Å². The summed E-state index contributed by atoms with van der Waals surface area (Å²) in [6.45, 7) is 7.86. The summed E-state index contributed by atoms with van der Waals surface area (Å²) in [4.78, 5) is 31.0. The van der Waals surface area contributed by atoms with E-state index in [0.717, 1.165) is 36.0 Å². The molecular weight excluding hydrogens is 416 g/mol. The Bertz CT molecular complexity index is 1090. The molecule has 4 rings (SSSR count). The number of amides is 2. The SMILES string of the molecule is CCCOc1ccccc1N1C(=O)C(c2ccc(C)c(C)c2)=C(N2CCCC(CO)C2)C1=O. The maximum absolute atomic E-state index is 13.9. The summed E-state index contributed by atoms with van der Waals surface area (Å²) >= 11 is 0. The molecule has 0 aliphatic carbocycles. The van der Waals surface area contributed by atoms with Crippen molar-refractivity contribution in [2.75, 3.05) is 31.2 Å². The van der Waals surface area contributed by atoms with Crippen molar-refractivity contribution >= 4 is 23.1 Å². The Labute approximate surface area is 195 Å². The fraction of sp³-hybridized carbons (Fsp3) is 0.407. The van der Waals surface area contributed by atoms with Crippen molar-refractivity contribution in [1.82, 2.24) is 4.90 Å². The predicted octanol–water partition coefficient (Wildman–Crippen LogP) is 4.08. The molecule has 0 spiro atoms. The highest BCUT2D eigenvalue weighted by Gasteiger charge is 2.44. The Morgan fingerprint density at radius 1 is 1.06 bits per heavy atom. The smallest absolute Gasteiger partial charge is 0.282 e. The number of imide groups is 1. The summed E-state index contributed by atoms with van der Waals surface area (Å²) in [6, 6.07) is 13.1. The number of nitrogens with zero attached hydrogens (tertiary/aromatic N) is 2. The fourth-order valence-electron chi connectivity index (χ4n) is 4.58. The third-order valence-electron chi connectivity index (χ3n) is 6.52. The van der Waals surface area contributed by atoms with E-state index >= 15 is 0 Å². The normalized spacial score (nSPS) is 19.0. The molecule has 174 valence electrons. The van der Waals surface area contributed by atoms with Crippen LogP contribution < -0.4 is 9.64 Å². The molecule has 0 radical (unpaired) electrons. The minimum absolute atomic E-state index is 0.0717. The molecule has 2 amide bonds. The van der Waals surface area contributed by atoms with Crippen LogP contribution in [0.15, 0.2) is 48.2 Å². The standard InChI is InChI=1S/C27H32N2O4/c1-4-14-33-23-10-6-5-9-22(23)29-26(31)24(21-12-11-18(2)19(3)15-21)25(27(29)32)28-13-7-8-20(16-28)17-30/h5-6,9-12,15,20,30H,4,7-8,13-14,16-17H2,1-3H3. The van der Waals surface area contributed by atoms with Crippen LogP contribution in [0.4, 0.5) is 5.69 Å². The number of rotatable bonds is 7. The lowest BCUT2D eigenvalue weighted by molar-refractivity contribution is -0.120. The Kier molecular flexibility index (Phi) is 6.84. The summed E-state index contributed by atoms with van der Waals surface area (Å²) in [7, 11) is 0. The van der Waals surface area contributed by atoms with Gasteiger partial charge in [0.15, 0.2) is 0 Å². The lowest BCUT2D eigenvalue weighted by Crippen LogP contribution is -2.40. The fourth-order valence-corrected chi connectivity index (χ4v) is 4.58. The van der Waals surface area contributed by atoms with Crippen molar-refractivity contribution in [3.05, 3.63) is 64.9 Å². The number of carbonyl (C=O) groups is 2. The van der Waals surface area contributed by atoms with Crippen molar-refractivity contribution < 1.29 is 19.4 Å². The second-order valence-electron chi connectivity index (χ2n) is 8.92. The van der Waals surface area contributed by atoms with Crippen LogP contribution in [0, 0.1) is 19.8 Å². The third-order valence-corrected chi connectivity index (χ3v) is 6.52. The summed E-state index contributed by atoms with van der Waals surface area (Å²) in [5, 5.41) is 9.75. The number of benzene rings is 2. The lowest BCUT2D eigenvalue weighted by Gasteiger charge is -2.34. The van der Waals surface area contributed by atoms with E-state index in [9.17, 15) is 14.7 Å². The molecule has 0 aromatic heterocycles. The monoisotopic (exact) mass is 448 g/mol. The molecule has 33 heavy (non-hydrogen) atoms. The molecule has 1 atom stereocenters. The molecule has 2 aromatic carbocycles. The zero-order valence-electron chi connectivity index (χ0n) is 19.6. The summed E-state index contributed by atoms with van der Waals surface area (Å²) in [6.07, 6.45) is 2.61. The molecule has 6 heteroatoms. The number of aliphatic hydroxyl groups is 1. The van der Waals surface area contributed by atoms with Crippen LogP contribution in [0.2, 0.25) is 0 Å². The van der Waals surface area contributed by atoms with Crippen LogP contribution in [-0.2, 0) is 9.59 Å². The maximum Gasteiger partial charge on any atom is 0.282 e. The molecule has 0 bridgehead atoms. The largest absolute Gasteiger partial charge is 0.491 e. The number of aliphatic hydroxyl groups excluding tert-OH is 1. The number of hydrogen-bond donors (Lipinski definition) is 1. The molecule has 1 fully saturated rings. The molecule has 2 aliphatic rings. The van der Waals surface area contributed by atoms with E-state index in [4.69, 9.17) is 4.74 Å². The van der Waals surface area contributed by atoms with E-state index in [1.54, 1.807) is 12.1 Å². The van der Waals surface area contributed by atoms with Crippen molar-refractivity contribution in [3.63, 3.8) is 0 Å². The van der Waals surface area contributed by atoms with Gasteiger partial charge in [0, 0.05) is 19.7 Å². The highest BCUT2D eigenvalue weighted by molar-refractivity contribution is 6.45. The van der Waals surface area contributed by atoms with Gasteiger partial charge in [-0.3, -0.25) is 9.59 Å². The van der Waals surface area contributed by atoms with Gasteiger partial charge in [0.05, 0.1) is 17.9 Å². The number of hydrogen-bond acceptors (Lipinski definition) is 5. The van der Waals surface area contributed by atoms with Crippen molar-refractivity contribution in [3.8, 4) is 5.75 Å². The van der Waals surface area contributed by atoms with E-state index in [0.29, 0.717) is 42.4 Å². The van der Waals surface area contributed by atoms with Crippen LogP contribution in [0.25, 0.3) is 5.57 Å². The van der Waals surface area contributed by atoms with E-state index in [1.165, 1.54) is 4.90 Å². The molecule has 0 saturated carbocycles. The summed E-state index contributed by atoms with van der Waals surface area (Å²) in [5.74, 6) is -0.0608. The average Bonchev–Trinajstić information content (AvgIpc) is 3.09. The predicted molar refractivity (Wildman–Crippen MR) is 129 cm³/mol. The van der Waals surface area contributed by atoms with E-state index in [1.807, 2.05) is 56.0 Å². The van der Waals surface area contributed by atoms with Crippen LogP contribution in [-0.4, -0.2) is 48.1 Å². The van der Waals surface area contributed by atoms with Crippen LogP contribution >= 0.6 is 0 Å². The van der Waals surface area contributed by atoms with Gasteiger partial charge in [-0.1, -0.05) is 37.3 Å². The van der Waals surface area contributed by atoms with Crippen molar-refractivity contribution in [1.29, 1.82) is 0 Å². The molecular formula is C27H32N2O4. The summed E-state index contributed by atoms with van der Waals surface area (Å²) in [5.41, 5.74) is 4.25. The van der Waals surface area contributed by atoms with Gasteiger partial charge in [-0.05, 0) is 67.9 Å². The first kappa shape index (κ1) is 23.1. The Hall–Kier alpha value is -3.12. The molecule has 2 heterocycles. The number of anilines is 1. The first-order chi connectivity index (χ1) is 16.0. The van der Waals surface area contributed by atoms with Gasteiger partial charge in [-0.25, -0.2) is 4.90 Å². The first-order valence-corrected chi connectivity index (χ1v) is 11.7. The third kappa shape index (κ3) is 4.40. The van der Waals surface area contributed by atoms with Crippen molar-refractivity contribution in [2.24, 2.45) is 5.92 Å². The number of carbonyl (C=O) groups excluding carboxylic acids is 2. The maximum atomic E-state index is 13.9. The quantitative estimate of drug-likeness (QED) is 0.647. The van der Waals surface area contributed by atoms with Gasteiger partial charge in [-0.15, -0.1) is 0 Å². The van der Waals surface area contributed by atoms with E-state index in [-0.39, 0.29) is 24.3 Å². The van der Waals surface area contributed by atoms with Gasteiger partial charge in [0.2, 0.25) is 0 Å². The van der Waals surface area contributed by atoms with Gasteiger partial charge in [0.1, 0.15) is 11.4 Å². The van der Waals surface area contributed by atoms with Gasteiger partial charge in [-0.2, -0.15) is 0 Å². The van der Waals surface area contributed by atoms with E-state index < -0.39 is 0 Å². The van der Waals surface area contributed by atoms with Gasteiger partial charge >= 0.3 is 0 Å². The second-order valence-corrected chi connectivity index (χ2v) is 8.92. The topological polar surface area (TPSA) is 70.1 Å². The molecule has 1 unspecified atom stereocenters. The molecule has 2 aromatic rings. The van der Waals surface area contributed by atoms with Crippen LogP contribution in [0.5, 0.6) is 5.75 Å². The Balaban J connectivity index is 1.82. The number of ether oxygens (including phenoxy) is 1.